The minimum absolute atomic E-state index is 0.0566. The molecule has 0 aromatic heterocycles. The van der Waals surface area contributed by atoms with E-state index in [2.05, 4.69) is 0 Å². The van der Waals surface area contributed by atoms with Crippen LogP contribution in [0.1, 0.15) is 28.8 Å². The molecule has 1 fully saturated rings. The lowest BCUT2D eigenvalue weighted by Crippen LogP contribution is -2.18. The molecular weight excluding hydrogens is 218 g/mol. The fraction of sp³-hybridized carbons (Fsp3) is 0.462. The van der Waals surface area contributed by atoms with Crippen LogP contribution in [0.25, 0.3) is 0 Å². The van der Waals surface area contributed by atoms with Gasteiger partial charge >= 0.3 is 5.97 Å². The summed E-state index contributed by atoms with van der Waals surface area (Å²) in [6.45, 7) is 2.99. The van der Waals surface area contributed by atoms with Gasteiger partial charge in [-0.2, -0.15) is 0 Å². The first-order valence-electron chi connectivity index (χ1n) is 5.81. The maximum absolute atomic E-state index is 11.8. The predicted octanol–water partition coefficient (Wildman–Crippen LogP) is 1.91. The van der Waals surface area contributed by atoms with E-state index in [0.717, 1.165) is 25.0 Å². The van der Waals surface area contributed by atoms with Gasteiger partial charge in [-0.05, 0) is 43.5 Å². The largest absolute Gasteiger partial charge is 0.459 e. The second kappa shape index (κ2) is 5.19. The van der Waals surface area contributed by atoms with Crippen molar-refractivity contribution in [3.8, 4) is 0 Å². The summed E-state index contributed by atoms with van der Waals surface area (Å²) in [6.07, 6.45) is 2.06. The number of ether oxygens (including phenoxy) is 2. The van der Waals surface area contributed by atoms with Crippen LogP contribution < -0.4 is 5.73 Å². The first kappa shape index (κ1) is 11.9. The van der Waals surface area contributed by atoms with E-state index in [1.54, 1.807) is 12.1 Å². The molecule has 92 valence electrons. The number of esters is 1. The Morgan fingerprint density at radius 3 is 3.00 bits per heavy atom. The Balaban J connectivity index is 1.94. The quantitative estimate of drug-likeness (QED) is 0.642. The van der Waals surface area contributed by atoms with Crippen LogP contribution in [0.5, 0.6) is 0 Å². The molecule has 1 aromatic rings. The van der Waals surface area contributed by atoms with E-state index < -0.39 is 0 Å². The van der Waals surface area contributed by atoms with Crippen molar-refractivity contribution in [3.05, 3.63) is 29.3 Å². The van der Waals surface area contributed by atoms with Crippen molar-refractivity contribution in [1.29, 1.82) is 0 Å². The van der Waals surface area contributed by atoms with Crippen molar-refractivity contribution in [1.82, 2.24) is 0 Å². The second-order valence-electron chi connectivity index (χ2n) is 4.37. The standard InChI is InChI=1S/C13H17NO3/c1-9-5-10(7-11(14)6-9)13(15)17-8-12-3-2-4-16-12/h5-7,12H,2-4,8,14H2,1H3. The molecule has 1 aliphatic heterocycles. The van der Waals surface area contributed by atoms with E-state index in [1.165, 1.54) is 0 Å². The maximum atomic E-state index is 11.8. The Labute approximate surface area is 101 Å². The SMILES string of the molecule is Cc1cc(N)cc(C(=O)OCC2CCCO2)c1. The Morgan fingerprint density at radius 2 is 2.35 bits per heavy atom. The lowest BCUT2D eigenvalue weighted by molar-refractivity contribution is 0.0161. The number of rotatable bonds is 3. The molecule has 0 saturated carbocycles. The smallest absolute Gasteiger partial charge is 0.338 e. The van der Waals surface area contributed by atoms with Crippen LogP contribution in [-0.4, -0.2) is 25.3 Å². The third-order valence-electron chi connectivity index (χ3n) is 2.76. The summed E-state index contributed by atoms with van der Waals surface area (Å²) < 4.78 is 10.6. The first-order valence-corrected chi connectivity index (χ1v) is 5.81. The third-order valence-corrected chi connectivity index (χ3v) is 2.76. The van der Waals surface area contributed by atoms with E-state index in [1.807, 2.05) is 13.0 Å². The Bertz CT molecular complexity index is 391. The number of aryl methyl sites for hydroxylation is 1. The number of nitrogen functional groups attached to an aromatic ring is 1. The molecule has 2 rings (SSSR count). The van der Waals surface area contributed by atoms with Crippen molar-refractivity contribution in [3.63, 3.8) is 0 Å². The van der Waals surface area contributed by atoms with E-state index in [0.29, 0.717) is 17.9 Å². The summed E-state index contributed by atoms with van der Waals surface area (Å²) in [7, 11) is 0. The van der Waals surface area contributed by atoms with Crippen molar-refractivity contribution in [2.24, 2.45) is 0 Å². The summed E-state index contributed by atoms with van der Waals surface area (Å²) in [6, 6.07) is 5.22. The van der Waals surface area contributed by atoms with Crippen molar-refractivity contribution >= 4 is 11.7 Å². The van der Waals surface area contributed by atoms with Gasteiger partial charge in [-0.1, -0.05) is 0 Å². The molecule has 1 aliphatic rings. The average Bonchev–Trinajstić information content (AvgIpc) is 2.77. The zero-order chi connectivity index (χ0) is 12.3. The van der Waals surface area contributed by atoms with Crippen LogP contribution in [0.4, 0.5) is 5.69 Å². The molecule has 4 nitrogen and oxygen atoms in total. The third kappa shape index (κ3) is 3.20. The highest BCUT2D eigenvalue weighted by atomic mass is 16.6. The van der Waals surface area contributed by atoms with Gasteiger partial charge in [0.05, 0.1) is 11.7 Å². The van der Waals surface area contributed by atoms with Crippen molar-refractivity contribution < 1.29 is 14.3 Å². The van der Waals surface area contributed by atoms with Crippen LogP contribution in [0.2, 0.25) is 0 Å². The number of carbonyl (C=O) groups is 1. The Hall–Kier alpha value is -1.55. The van der Waals surface area contributed by atoms with Gasteiger partial charge in [0, 0.05) is 12.3 Å². The molecule has 17 heavy (non-hydrogen) atoms. The predicted molar refractivity (Wildman–Crippen MR) is 64.8 cm³/mol. The first-order chi connectivity index (χ1) is 8.15. The molecule has 0 spiro atoms. The topological polar surface area (TPSA) is 61.6 Å². The number of benzene rings is 1. The molecule has 2 N–H and O–H groups in total. The monoisotopic (exact) mass is 235 g/mol. The lowest BCUT2D eigenvalue weighted by atomic mass is 10.1. The summed E-state index contributed by atoms with van der Waals surface area (Å²) >= 11 is 0. The van der Waals surface area contributed by atoms with Gasteiger partial charge in [0.15, 0.2) is 0 Å². The number of hydrogen-bond donors (Lipinski definition) is 1. The molecule has 1 aromatic carbocycles. The molecule has 0 amide bonds. The van der Waals surface area contributed by atoms with Gasteiger partial charge in [-0.15, -0.1) is 0 Å². The molecule has 1 atom stereocenters. The van der Waals surface area contributed by atoms with Crippen LogP contribution >= 0.6 is 0 Å². The van der Waals surface area contributed by atoms with Crippen molar-refractivity contribution in [2.45, 2.75) is 25.9 Å². The highest BCUT2D eigenvalue weighted by molar-refractivity contribution is 5.90. The van der Waals surface area contributed by atoms with Gasteiger partial charge in [-0.25, -0.2) is 4.79 Å². The molecule has 1 unspecified atom stereocenters. The maximum Gasteiger partial charge on any atom is 0.338 e. The molecule has 4 heteroatoms. The molecule has 1 heterocycles. The zero-order valence-corrected chi connectivity index (χ0v) is 9.94. The van der Waals surface area contributed by atoms with E-state index >= 15 is 0 Å². The van der Waals surface area contributed by atoms with Crippen LogP contribution in [0.3, 0.4) is 0 Å². The minimum Gasteiger partial charge on any atom is -0.459 e. The Morgan fingerprint density at radius 1 is 1.53 bits per heavy atom. The summed E-state index contributed by atoms with van der Waals surface area (Å²) in [4.78, 5) is 11.8. The van der Waals surface area contributed by atoms with Gasteiger partial charge in [0.1, 0.15) is 6.61 Å². The Kier molecular flexibility index (Phi) is 3.64. The highest BCUT2D eigenvalue weighted by Crippen LogP contribution is 2.15. The summed E-state index contributed by atoms with van der Waals surface area (Å²) in [5.41, 5.74) is 7.71. The molecule has 0 radical (unpaired) electrons. The highest BCUT2D eigenvalue weighted by Gasteiger charge is 2.18. The minimum atomic E-state index is -0.337. The van der Waals surface area contributed by atoms with Gasteiger partial charge in [0.25, 0.3) is 0 Å². The normalized spacial score (nSPS) is 19.2. The summed E-state index contributed by atoms with van der Waals surface area (Å²) in [5, 5.41) is 0. The molecular formula is C13H17NO3. The molecule has 0 bridgehead atoms. The van der Waals surface area contributed by atoms with Gasteiger partial charge < -0.3 is 15.2 Å². The fourth-order valence-electron chi connectivity index (χ4n) is 1.96. The number of anilines is 1. The molecule has 0 aliphatic carbocycles. The van der Waals surface area contributed by atoms with Gasteiger partial charge in [-0.3, -0.25) is 0 Å². The number of carbonyl (C=O) groups excluding carboxylic acids is 1. The molecule has 1 saturated heterocycles. The van der Waals surface area contributed by atoms with Crippen LogP contribution in [0.15, 0.2) is 18.2 Å². The number of hydrogen-bond acceptors (Lipinski definition) is 4. The zero-order valence-electron chi connectivity index (χ0n) is 9.94. The average molecular weight is 235 g/mol. The second-order valence-corrected chi connectivity index (χ2v) is 4.37. The number of nitrogens with two attached hydrogens (primary N) is 1. The van der Waals surface area contributed by atoms with Crippen LogP contribution in [-0.2, 0) is 9.47 Å². The van der Waals surface area contributed by atoms with Crippen LogP contribution in [0, 0.1) is 6.92 Å². The summed E-state index contributed by atoms with van der Waals surface area (Å²) in [5.74, 6) is -0.337. The van der Waals surface area contributed by atoms with E-state index in [4.69, 9.17) is 15.2 Å². The van der Waals surface area contributed by atoms with E-state index in [9.17, 15) is 4.79 Å². The lowest BCUT2D eigenvalue weighted by Gasteiger charge is -2.10. The van der Waals surface area contributed by atoms with E-state index in [-0.39, 0.29) is 12.1 Å². The fourth-order valence-corrected chi connectivity index (χ4v) is 1.96. The van der Waals surface area contributed by atoms with Gasteiger partial charge in [0.2, 0.25) is 0 Å². The van der Waals surface area contributed by atoms with Crippen molar-refractivity contribution in [2.75, 3.05) is 18.9 Å².